The minimum atomic E-state index is -0.200. The molecule has 72 valence electrons. The van der Waals surface area contributed by atoms with Crippen LogP contribution in [0, 0.1) is 12.8 Å². The van der Waals surface area contributed by atoms with E-state index in [0.717, 1.165) is 13.1 Å². The van der Waals surface area contributed by atoms with Gasteiger partial charge in [-0.15, -0.1) is 11.3 Å². The van der Waals surface area contributed by atoms with Crippen LogP contribution in [0.4, 0.5) is 4.39 Å². The largest absolute Gasteiger partial charge is 0.316 e. The molecule has 2 atom stereocenters. The molecule has 13 heavy (non-hydrogen) atoms. The van der Waals surface area contributed by atoms with E-state index in [2.05, 4.69) is 24.4 Å². The number of nitrogens with one attached hydrogen (secondary N) is 1. The van der Waals surface area contributed by atoms with Crippen molar-refractivity contribution in [2.45, 2.75) is 12.8 Å². The Labute approximate surface area is 82.0 Å². The van der Waals surface area contributed by atoms with Gasteiger partial charge in [0.25, 0.3) is 0 Å². The summed E-state index contributed by atoms with van der Waals surface area (Å²) in [5.41, 5.74) is 0. The van der Waals surface area contributed by atoms with Gasteiger partial charge in [-0.25, -0.2) is 0 Å². The van der Waals surface area contributed by atoms with E-state index < -0.39 is 0 Å². The van der Waals surface area contributed by atoms with Gasteiger partial charge in [0.1, 0.15) is 0 Å². The Hall–Kier alpha value is -0.410. The van der Waals surface area contributed by atoms with Gasteiger partial charge in [0.15, 0.2) is 0 Å². The van der Waals surface area contributed by atoms with Gasteiger partial charge in [-0.3, -0.25) is 4.39 Å². The van der Waals surface area contributed by atoms with Crippen LogP contribution < -0.4 is 5.32 Å². The lowest BCUT2D eigenvalue weighted by Gasteiger charge is -2.12. The van der Waals surface area contributed by atoms with E-state index in [1.54, 1.807) is 11.3 Å². The molecule has 0 bridgehead atoms. The van der Waals surface area contributed by atoms with Crippen LogP contribution in [-0.2, 0) is 0 Å². The summed E-state index contributed by atoms with van der Waals surface area (Å²) >= 11 is 1.80. The smallest absolute Gasteiger partial charge is 0.0941 e. The summed E-state index contributed by atoms with van der Waals surface area (Å²) in [5, 5.41) is 3.25. The van der Waals surface area contributed by atoms with Gasteiger partial charge in [0.05, 0.1) is 6.67 Å². The molecule has 2 heterocycles. The molecular formula is C10H14FNS. The fourth-order valence-corrected chi connectivity index (χ4v) is 2.95. The quantitative estimate of drug-likeness (QED) is 0.771. The molecule has 0 radical (unpaired) electrons. The normalized spacial score (nSPS) is 28.2. The maximum Gasteiger partial charge on any atom is 0.0941 e. The standard InChI is InChI=1S/C10H14FNS/c1-7-2-3-10(13-7)9-6-12-5-8(9)4-11/h2-3,8-9,12H,4-6H2,1H3/t8-,9+/m0/s1. The molecule has 0 saturated carbocycles. The molecule has 1 aliphatic heterocycles. The first kappa shape index (κ1) is 9.16. The molecule has 0 unspecified atom stereocenters. The number of alkyl halides is 1. The Bertz CT molecular complexity index is 284. The molecule has 0 aromatic carbocycles. The van der Waals surface area contributed by atoms with E-state index in [1.165, 1.54) is 9.75 Å². The monoisotopic (exact) mass is 199 g/mol. The van der Waals surface area contributed by atoms with Gasteiger partial charge in [-0.05, 0) is 19.1 Å². The second kappa shape index (κ2) is 3.76. The molecule has 1 fully saturated rings. The SMILES string of the molecule is Cc1ccc([C@@H]2CNC[C@@H]2CF)s1. The number of hydrogen-bond donors (Lipinski definition) is 1. The van der Waals surface area contributed by atoms with E-state index in [4.69, 9.17) is 0 Å². The Kier molecular flexibility index (Phi) is 2.65. The number of aryl methyl sites for hydroxylation is 1. The molecule has 1 aromatic rings. The predicted octanol–water partition coefficient (Wildman–Crippen LogP) is 2.33. The molecule has 3 heteroatoms. The molecular weight excluding hydrogens is 185 g/mol. The molecule has 1 nitrogen and oxygen atoms in total. The Balaban J connectivity index is 2.15. The summed E-state index contributed by atoms with van der Waals surface area (Å²) in [6.07, 6.45) is 0. The van der Waals surface area contributed by atoms with Crippen molar-refractivity contribution in [1.82, 2.24) is 5.32 Å². The number of thiophene rings is 1. The van der Waals surface area contributed by atoms with Crippen LogP contribution in [0.2, 0.25) is 0 Å². The van der Waals surface area contributed by atoms with Crippen LogP contribution in [0.25, 0.3) is 0 Å². The summed E-state index contributed by atoms with van der Waals surface area (Å²) in [6.45, 7) is 3.67. The van der Waals surface area contributed by atoms with Crippen molar-refractivity contribution >= 4 is 11.3 Å². The van der Waals surface area contributed by atoms with Crippen LogP contribution >= 0.6 is 11.3 Å². The Morgan fingerprint density at radius 3 is 3.00 bits per heavy atom. The average molecular weight is 199 g/mol. The first-order valence-electron chi connectivity index (χ1n) is 4.64. The lowest BCUT2D eigenvalue weighted by molar-refractivity contribution is 0.360. The predicted molar refractivity (Wildman–Crippen MR) is 54.1 cm³/mol. The van der Waals surface area contributed by atoms with Gasteiger partial charge in [-0.2, -0.15) is 0 Å². The highest BCUT2D eigenvalue weighted by Gasteiger charge is 2.28. The number of halogens is 1. The Morgan fingerprint density at radius 1 is 1.54 bits per heavy atom. The van der Waals surface area contributed by atoms with Crippen molar-refractivity contribution in [3.05, 3.63) is 21.9 Å². The zero-order chi connectivity index (χ0) is 9.26. The van der Waals surface area contributed by atoms with Crippen LogP contribution in [0.1, 0.15) is 15.7 Å². The fourth-order valence-electron chi connectivity index (χ4n) is 1.88. The molecule has 2 rings (SSSR count). The maximum atomic E-state index is 12.6. The zero-order valence-corrected chi connectivity index (χ0v) is 8.53. The first-order chi connectivity index (χ1) is 6.31. The van der Waals surface area contributed by atoms with Gasteiger partial charge in [0, 0.05) is 34.7 Å². The minimum absolute atomic E-state index is 0.193. The summed E-state index contributed by atoms with van der Waals surface area (Å²) in [5.74, 6) is 0.599. The molecule has 1 N–H and O–H groups in total. The van der Waals surface area contributed by atoms with Gasteiger partial charge >= 0.3 is 0 Å². The maximum absolute atomic E-state index is 12.6. The molecule has 1 aromatic heterocycles. The lowest BCUT2D eigenvalue weighted by atomic mass is 9.96. The summed E-state index contributed by atoms with van der Waals surface area (Å²) in [4.78, 5) is 2.66. The highest BCUT2D eigenvalue weighted by Crippen LogP contribution is 2.32. The van der Waals surface area contributed by atoms with Crippen LogP contribution in [0.15, 0.2) is 12.1 Å². The van der Waals surface area contributed by atoms with Crippen molar-refractivity contribution in [1.29, 1.82) is 0 Å². The zero-order valence-electron chi connectivity index (χ0n) is 7.72. The van der Waals surface area contributed by atoms with E-state index in [-0.39, 0.29) is 12.6 Å². The summed E-state index contributed by atoms with van der Waals surface area (Å²) in [6, 6.07) is 4.26. The number of hydrogen-bond acceptors (Lipinski definition) is 2. The average Bonchev–Trinajstić information content (AvgIpc) is 2.71. The van der Waals surface area contributed by atoms with Crippen LogP contribution in [0.3, 0.4) is 0 Å². The fraction of sp³-hybridized carbons (Fsp3) is 0.600. The van der Waals surface area contributed by atoms with Crippen LogP contribution in [0.5, 0.6) is 0 Å². The van der Waals surface area contributed by atoms with Crippen molar-refractivity contribution < 1.29 is 4.39 Å². The van der Waals surface area contributed by atoms with E-state index in [0.29, 0.717) is 5.92 Å². The van der Waals surface area contributed by atoms with E-state index in [9.17, 15) is 4.39 Å². The van der Waals surface area contributed by atoms with E-state index >= 15 is 0 Å². The molecule has 1 saturated heterocycles. The molecule has 0 aliphatic carbocycles. The van der Waals surface area contributed by atoms with E-state index in [1.807, 2.05) is 0 Å². The first-order valence-corrected chi connectivity index (χ1v) is 5.46. The van der Waals surface area contributed by atoms with Crippen molar-refractivity contribution in [2.24, 2.45) is 5.92 Å². The van der Waals surface area contributed by atoms with Crippen molar-refractivity contribution in [3.63, 3.8) is 0 Å². The topological polar surface area (TPSA) is 12.0 Å². The Morgan fingerprint density at radius 2 is 2.38 bits per heavy atom. The minimum Gasteiger partial charge on any atom is -0.316 e. The van der Waals surface area contributed by atoms with Crippen molar-refractivity contribution in [2.75, 3.05) is 19.8 Å². The van der Waals surface area contributed by atoms with Gasteiger partial charge in [-0.1, -0.05) is 0 Å². The third kappa shape index (κ3) is 1.76. The van der Waals surface area contributed by atoms with Crippen molar-refractivity contribution in [3.8, 4) is 0 Å². The highest BCUT2D eigenvalue weighted by atomic mass is 32.1. The van der Waals surface area contributed by atoms with Crippen LogP contribution in [-0.4, -0.2) is 19.8 Å². The molecule has 1 aliphatic rings. The van der Waals surface area contributed by atoms with Gasteiger partial charge < -0.3 is 5.32 Å². The summed E-state index contributed by atoms with van der Waals surface area (Å²) in [7, 11) is 0. The lowest BCUT2D eigenvalue weighted by Crippen LogP contribution is -2.11. The van der Waals surface area contributed by atoms with Gasteiger partial charge in [0.2, 0.25) is 0 Å². The third-order valence-electron chi connectivity index (χ3n) is 2.66. The second-order valence-electron chi connectivity index (χ2n) is 3.63. The molecule has 0 amide bonds. The number of rotatable bonds is 2. The second-order valence-corrected chi connectivity index (χ2v) is 4.95. The molecule has 0 spiro atoms. The third-order valence-corrected chi connectivity index (χ3v) is 3.80. The highest BCUT2D eigenvalue weighted by molar-refractivity contribution is 7.12. The summed E-state index contributed by atoms with van der Waals surface area (Å²) < 4.78 is 12.6.